The molecule has 2 heterocycles. The standard InChI is InChI=1S/C12H13FN2O4/c1-7-10(4-9(13)12(17)18)15(11(6-16)14-7)5-8-2-3-19-8/h4,6,8H,2-3,5H2,1H3,(H,17,18)/b9-4-/t8-/m0/s1. The molecule has 0 aliphatic carbocycles. The average molecular weight is 268 g/mol. The molecule has 1 saturated heterocycles. The minimum atomic E-state index is -1.65. The predicted octanol–water partition coefficient (Wildman–Crippen LogP) is 1.19. The van der Waals surface area contributed by atoms with Crippen molar-refractivity contribution in [2.45, 2.75) is 26.0 Å². The Kier molecular flexibility index (Phi) is 3.75. The summed E-state index contributed by atoms with van der Waals surface area (Å²) in [4.78, 5) is 25.5. The van der Waals surface area contributed by atoms with Gasteiger partial charge in [-0.3, -0.25) is 4.79 Å². The summed E-state index contributed by atoms with van der Waals surface area (Å²) < 4.78 is 20.0. The second-order valence-corrected chi connectivity index (χ2v) is 4.25. The molecule has 1 fully saturated rings. The first-order chi connectivity index (χ1) is 9.02. The first kappa shape index (κ1) is 13.4. The molecule has 2 rings (SSSR count). The number of aldehydes is 1. The minimum absolute atomic E-state index is 0.0488. The lowest BCUT2D eigenvalue weighted by atomic mass is 10.2. The summed E-state index contributed by atoms with van der Waals surface area (Å²) in [6, 6.07) is 0. The molecule has 0 bridgehead atoms. The summed E-state index contributed by atoms with van der Waals surface area (Å²) in [5.41, 5.74) is 0.676. The average Bonchev–Trinajstić information content (AvgIpc) is 2.60. The van der Waals surface area contributed by atoms with E-state index in [-0.39, 0.29) is 17.6 Å². The topological polar surface area (TPSA) is 81.4 Å². The summed E-state index contributed by atoms with van der Waals surface area (Å²) in [7, 11) is 0. The SMILES string of the molecule is Cc1nc(C=O)n(C[C@@H]2CCO2)c1/C=C(\F)C(=O)O. The van der Waals surface area contributed by atoms with Gasteiger partial charge in [0.2, 0.25) is 5.83 Å². The monoisotopic (exact) mass is 268 g/mol. The number of aliphatic carboxylic acids is 1. The number of aryl methyl sites for hydroxylation is 1. The number of rotatable bonds is 5. The van der Waals surface area contributed by atoms with Crippen LogP contribution < -0.4 is 0 Å². The van der Waals surface area contributed by atoms with E-state index in [1.165, 1.54) is 4.57 Å². The summed E-state index contributed by atoms with van der Waals surface area (Å²) in [6.07, 6.45) is 2.23. The van der Waals surface area contributed by atoms with Gasteiger partial charge < -0.3 is 14.4 Å². The second-order valence-electron chi connectivity index (χ2n) is 4.25. The van der Waals surface area contributed by atoms with Crippen molar-refractivity contribution < 1.29 is 23.8 Å². The van der Waals surface area contributed by atoms with Crippen LogP contribution in [0.5, 0.6) is 0 Å². The number of carboxylic acid groups (broad SMARTS) is 1. The maximum Gasteiger partial charge on any atom is 0.364 e. The van der Waals surface area contributed by atoms with E-state index >= 15 is 0 Å². The number of ether oxygens (including phenoxy) is 1. The molecule has 0 unspecified atom stereocenters. The molecule has 1 aliphatic rings. The molecule has 1 aromatic rings. The zero-order chi connectivity index (χ0) is 14.0. The first-order valence-corrected chi connectivity index (χ1v) is 5.77. The van der Waals surface area contributed by atoms with E-state index in [0.717, 1.165) is 12.5 Å². The fourth-order valence-corrected chi connectivity index (χ4v) is 1.89. The molecule has 19 heavy (non-hydrogen) atoms. The smallest absolute Gasteiger partial charge is 0.364 e. The van der Waals surface area contributed by atoms with Crippen LogP contribution in [0.2, 0.25) is 0 Å². The van der Waals surface area contributed by atoms with Gasteiger partial charge in [-0.05, 0) is 13.3 Å². The zero-order valence-corrected chi connectivity index (χ0v) is 10.3. The molecule has 1 atom stereocenters. The van der Waals surface area contributed by atoms with Gasteiger partial charge in [0.15, 0.2) is 12.1 Å². The number of carbonyl (C=O) groups is 2. The van der Waals surface area contributed by atoms with Gasteiger partial charge in [-0.2, -0.15) is 4.39 Å². The number of hydrogen-bond acceptors (Lipinski definition) is 4. The fraction of sp³-hybridized carbons (Fsp3) is 0.417. The lowest BCUT2D eigenvalue weighted by molar-refractivity contribution is -0.134. The molecular formula is C12H13FN2O4. The second kappa shape index (κ2) is 5.31. The molecule has 7 heteroatoms. The van der Waals surface area contributed by atoms with E-state index in [9.17, 15) is 14.0 Å². The highest BCUT2D eigenvalue weighted by Gasteiger charge is 2.23. The Balaban J connectivity index is 2.39. The van der Waals surface area contributed by atoms with Crippen LogP contribution in [0.4, 0.5) is 4.39 Å². The number of nitrogens with zero attached hydrogens (tertiary/aromatic N) is 2. The highest BCUT2D eigenvalue weighted by atomic mass is 19.1. The largest absolute Gasteiger partial charge is 0.476 e. The molecule has 0 amide bonds. The summed E-state index contributed by atoms with van der Waals surface area (Å²) >= 11 is 0. The molecule has 0 radical (unpaired) electrons. The van der Waals surface area contributed by atoms with E-state index in [0.29, 0.717) is 25.1 Å². The number of imidazole rings is 1. The van der Waals surface area contributed by atoms with Gasteiger partial charge in [0, 0.05) is 12.7 Å². The zero-order valence-electron chi connectivity index (χ0n) is 10.3. The van der Waals surface area contributed by atoms with Gasteiger partial charge in [0.1, 0.15) is 0 Å². The summed E-state index contributed by atoms with van der Waals surface area (Å²) in [6.45, 7) is 2.60. The van der Waals surface area contributed by atoms with Crippen molar-refractivity contribution in [1.82, 2.24) is 9.55 Å². The molecule has 102 valence electrons. The Labute approximate surface area is 108 Å². The number of carbonyl (C=O) groups excluding carboxylic acids is 1. The molecule has 1 aromatic heterocycles. The Bertz CT molecular complexity index is 546. The summed E-state index contributed by atoms with van der Waals surface area (Å²) in [5, 5.41) is 8.56. The van der Waals surface area contributed by atoms with Crippen molar-refractivity contribution in [3.05, 3.63) is 23.0 Å². The Hall–Kier alpha value is -2.02. The van der Waals surface area contributed by atoms with E-state index in [1.807, 2.05) is 0 Å². The van der Waals surface area contributed by atoms with Gasteiger partial charge in [0.25, 0.3) is 0 Å². The third-order valence-corrected chi connectivity index (χ3v) is 2.97. The molecule has 6 nitrogen and oxygen atoms in total. The van der Waals surface area contributed by atoms with Gasteiger partial charge in [-0.1, -0.05) is 0 Å². The van der Waals surface area contributed by atoms with Gasteiger partial charge in [-0.25, -0.2) is 9.78 Å². The third-order valence-electron chi connectivity index (χ3n) is 2.97. The molecule has 0 aromatic carbocycles. The third kappa shape index (κ3) is 2.70. The highest BCUT2D eigenvalue weighted by molar-refractivity contribution is 5.89. The van der Waals surface area contributed by atoms with Crippen LogP contribution in [0.1, 0.15) is 28.4 Å². The van der Waals surface area contributed by atoms with Crippen LogP contribution in [-0.4, -0.2) is 39.6 Å². The predicted molar refractivity (Wildman–Crippen MR) is 63.4 cm³/mol. The normalized spacial score (nSPS) is 19.1. The van der Waals surface area contributed by atoms with E-state index in [4.69, 9.17) is 9.84 Å². The molecule has 0 saturated carbocycles. The molecule has 0 spiro atoms. The van der Waals surface area contributed by atoms with Gasteiger partial charge >= 0.3 is 5.97 Å². The molecular weight excluding hydrogens is 255 g/mol. The summed E-state index contributed by atoms with van der Waals surface area (Å²) in [5.74, 6) is -2.81. The van der Waals surface area contributed by atoms with Crippen LogP contribution in [-0.2, 0) is 16.1 Å². The lowest BCUT2D eigenvalue weighted by Gasteiger charge is -2.27. The van der Waals surface area contributed by atoms with Crippen LogP contribution in [0.3, 0.4) is 0 Å². The number of aromatic nitrogens is 2. The fourth-order valence-electron chi connectivity index (χ4n) is 1.89. The number of carboxylic acids is 1. The van der Waals surface area contributed by atoms with Crippen LogP contribution in [0, 0.1) is 6.92 Å². The molecule has 1 aliphatic heterocycles. The van der Waals surface area contributed by atoms with Crippen molar-refractivity contribution in [3.8, 4) is 0 Å². The maximum absolute atomic E-state index is 13.2. The lowest BCUT2D eigenvalue weighted by Crippen LogP contribution is -2.32. The Morgan fingerprint density at radius 3 is 2.84 bits per heavy atom. The van der Waals surface area contributed by atoms with Crippen LogP contribution in [0.15, 0.2) is 5.83 Å². The van der Waals surface area contributed by atoms with Gasteiger partial charge in [0.05, 0.1) is 24.0 Å². The van der Waals surface area contributed by atoms with Crippen LogP contribution >= 0.6 is 0 Å². The minimum Gasteiger partial charge on any atom is -0.476 e. The molecule has 1 N–H and O–H groups in total. The van der Waals surface area contributed by atoms with Gasteiger partial charge in [-0.15, -0.1) is 0 Å². The van der Waals surface area contributed by atoms with Crippen molar-refractivity contribution >= 4 is 18.3 Å². The van der Waals surface area contributed by atoms with Crippen LogP contribution in [0.25, 0.3) is 6.08 Å². The van der Waals surface area contributed by atoms with Crippen molar-refractivity contribution in [2.75, 3.05) is 6.61 Å². The van der Waals surface area contributed by atoms with E-state index < -0.39 is 11.8 Å². The Morgan fingerprint density at radius 2 is 2.37 bits per heavy atom. The first-order valence-electron chi connectivity index (χ1n) is 5.77. The number of hydrogen-bond donors (Lipinski definition) is 1. The number of halogens is 1. The van der Waals surface area contributed by atoms with Crippen molar-refractivity contribution in [2.24, 2.45) is 0 Å². The van der Waals surface area contributed by atoms with E-state index in [2.05, 4.69) is 4.98 Å². The maximum atomic E-state index is 13.2. The van der Waals surface area contributed by atoms with Crippen molar-refractivity contribution in [3.63, 3.8) is 0 Å². The quantitative estimate of drug-likeness (QED) is 0.640. The van der Waals surface area contributed by atoms with E-state index in [1.54, 1.807) is 6.92 Å². The van der Waals surface area contributed by atoms with Crippen molar-refractivity contribution in [1.29, 1.82) is 0 Å². The Morgan fingerprint density at radius 1 is 1.68 bits per heavy atom. The highest BCUT2D eigenvalue weighted by Crippen LogP contribution is 2.20.